The van der Waals surface area contributed by atoms with E-state index in [0.29, 0.717) is 25.8 Å². The standard InChI is InChI=1S/C12H19N3O3/c1-8-4-6-13-15(8)7-5-11(17)14-9-2-3-10(16)12(9)18/h4,6,9-10,12,16,18H,2-3,5,7H2,1H3,(H,14,17)/t9-,10-,12-/m1/s1. The molecule has 0 aromatic carbocycles. The summed E-state index contributed by atoms with van der Waals surface area (Å²) in [5, 5.41) is 25.8. The van der Waals surface area contributed by atoms with Crippen LogP contribution in [0.2, 0.25) is 0 Å². The molecule has 0 radical (unpaired) electrons. The van der Waals surface area contributed by atoms with Gasteiger partial charge in [0.15, 0.2) is 0 Å². The van der Waals surface area contributed by atoms with E-state index in [1.54, 1.807) is 10.9 Å². The molecule has 0 unspecified atom stereocenters. The summed E-state index contributed by atoms with van der Waals surface area (Å²) in [4.78, 5) is 11.7. The number of aliphatic hydroxyl groups excluding tert-OH is 2. The summed E-state index contributed by atoms with van der Waals surface area (Å²) in [7, 11) is 0. The Morgan fingerprint density at radius 2 is 2.33 bits per heavy atom. The first-order valence-electron chi connectivity index (χ1n) is 6.22. The van der Waals surface area contributed by atoms with Crippen LogP contribution in [0.1, 0.15) is 25.0 Å². The number of hydrogen-bond donors (Lipinski definition) is 3. The minimum absolute atomic E-state index is 0.122. The maximum Gasteiger partial charge on any atom is 0.222 e. The molecule has 1 fully saturated rings. The molecule has 0 aliphatic heterocycles. The highest BCUT2D eigenvalue weighted by Gasteiger charge is 2.34. The molecule has 3 N–H and O–H groups in total. The third-order valence-corrected chi connectivity index (χ3v) is 3.41. The van der Waals surface area contributed by atoms with Crippen molar-refractivity contribution >= 4 is 5.91 Å². The fraction of sp³-hybridized carbons (Fsp3) is 0.667. The van der Waals surface area contributed by atoms with E-state index in [-0.39, 0.29) is 11.9 Å². The van der Waals surface area contributed by atoms with E-state index < -0.39 is 12.2 Å². The van der Waals surface area contributed by atoms with Crippen molar-refractivity contribution in [3.8, 4) is 0 Å². The van der Waals surface area contributed by atoms with Gasteiger partial charge in [-0.15, -0.1) is 0 Å². The summed E-state index contributed by atoms with van der Waals surface area (Å²) in [6, 6.07) is 1.56. The van der Waals surface area contributed by atoms with Gasteiger partial charge in [0.2, 0.25) is 5.91 Å². The third-order valence-electron chi connectivity index (χ3n) is 3.41. The number of nitrogens with zero attached hydrogens (tertiary/aromatic N) is 2. The number of aryl methyl sites for hydroxylation is 2. The minimum Gasteiger partial charge on any atom is -0.390 e. The largest absolute Gasteiger partial charge is 0.390 e. The molecule has 1 heterocycles. The van der Waals surface area contributed by atoms with Crippen LogP contribution in [0.25, 0.3) is 0 Å². The summed E-state index contributed by atoms with van der Waals surface area (Å²) < 4.78 is 1.76. The van der Waals surface area contributed by atoms with Gasteiger partial charge in [-0.1, -0.05) is 0 Å². The van der Waals surface area contributed by atoms with Crippen LogP contribution in [0.4, 0.5) is 0 Å². The number of hydrogen-bond acceptors (Lipinski definition) is 4. The lowest BCUT2D eigenvalue weighted by molar-refractivity contribution is -0.123. The second-order valence-electron chi connectivity index (χ2n) is 4.76. The maximum atomic E-state index is 11.7. The lowest BCUT2D eigenvalue weighted by Crippen LogP contribution is -2.43. The van der Waals surface area contributed by atoms with Gasteiger partial charge in [0, 0.05) is 24.9 Å². The smallest absolute Gasteiger partial charge is 0.222 e. The molecule has 6 heteroatoms. The Hall–Kier alpha value is -1.40. The highest BCUT2D eigenvalue weighted by atomic mass is 16.3. The predicted molar refractivity (Wildman–Crippen MR) is 64.8 cm³/mol. The van der Waals surface area contributed by atoms with Gasteiger partial charge in [0.05, 0.1) is 18.2 Å². The summed E-state index contributed by atoms with van der Waals surface area (Å²) in [6.07, 6.45) is 1.61. The Bertz CT molecular complexity index is 418. The zero-order valence-electron chi connectivity index (χ0n) is 10.4. The number of nitrogens with one attached hydrogen (secondary N) is 1. The molecule has 0 bridgehead atoms. The van der Waals surface area contributed by atoms with Crippen LogP contribution in [-0.4, -0.2) is 44.2 Å². The van der Waals surface area contributed by atoms with Crippen molar-refractivity contribution in [3.63, 3.8) is 0 Å². The van der Waals surface area contributed by atoms with Gasteiger partial charge in [-0.25, -0.2) is 0 Å². The zero-order valence-corrected chi connectivity index (χ0v) is 10.4. The second kappa shape index (κ2) is 5.49. The van der Waals surface area contributed by atoms with Crippen LogP contribution in [0.5, 0.6) is 0 Å². The van der Waals surface area contributed by atoms with Crippen LogP contribution in [0.15, 0.2) is 12.3 Å². The molecule has 0 saturated heterocycles. The van der Waals surface area contributed by atoms with Gasteiger partial charge in [-0.2, -0.15) is 5.10 Å². The van der Waals surface area contributed by atoms with Gasteiger partial charge in [0.25, 0.3) is 0 Å². The van der Waals surface area contributed by atoms with Gasteiger partial charge in [0.1, 0.15) is 0 Å². The second-order valence-corrected chi connectivity index (χ2v) is 4.76. The monoisotopic (exact) mass is 253 g/mol. The first-order valence-corrected chi connectivity index (χ1v) is 6.22. The van der Waals surface area contributed by atoms with Crippen molar-refractivity contribution in [1.82, 2.24) is 15.1 Å². The van der Waals surface area contributed by atoms with Crippen molar-refractivity contribution in [1.29, 1.82) is 0 Å². The Balaban J connectivity index is 1.78. The van der Waals surface area contributed by atoms with Crippen molar-refractivity contribution < 1.29 is 15.0 Å². The van der Waals surface area contributed by atoms with Crippen LogP contribution in [-0.2, 0) is 11.3 Å². The molecule has 1 aliphatic carbocycles. The van der Waals surface area contributed by atoms with E-state index in [9.17, 15) is 15.0 Å². The number of amides is 1. The maximum absolute atomic E-state index is 11.7. The Morgan fingerprint density at radius 1 is 1.56 bits per heavy atom. The van der Waals surface area contributed by atoms with Crippen LogP contribution < -0.4 is 5.32 Å². The van der Waals surface area contributed by atoms with Gasteiger partial charge in [-0.3, -0.25) is 9.48 Å². The summed E-state index contributed by atoms with van der Waals surface area (Å²) in [5.41, 5.74) is 1.01. The Kier molecular flexibility index (Phi) is 3.98. The molecular weight excluding hydrogens is 234 g/mol. The molecule has 1 saturated carbocycles. The molecular formula is C12H19N3O3. The van der Waals surface area contributed by atoms with E-state index in [1.165, 1.54) is 0 Å². The van der Waals surface area contributed by atoms with E-state index in [4.69, 9.17) is 0 Å². The van der Waals surface area contributed by atoms with E-state index >= 15 is 0 Å². The van der Waals surface area contributed by atoms with E-state index in [1.807, 2.05) is 13.0 Å². The molecule has 1 aromatic rings. The van der Waals surface area contributed by atoms with Gasteiger partial charge < -0.3 is 15.5 Å². The molecule has 1 aliphatic rings. The molecule has 18 heavy (non-hydrogen) atoms. The van der Waals surface area contributed by atoms with Gasteiger partial charge in [-0.05, 0) is 25.8 Å². The number of rotatable bonds is 4. The molecule has 2 rings (SSSR count). The summed E-state index contributed by atoms with van der Waals surface area (Å²) >= 11 is 0. The molecule has 0 spiro atoms. The van der Waals surface area contributed by atoms with Gasteiger partial charge >= 0.3 is 0 Å². The molecule has 3 atom stereocenters. The third kappa shape index (κ3) is 2.88. The van der Waals surface area contributed by atoms with Crippen LogP contribution in [0, 0.1) is 6.92 Å². The highest BCUT2D eigenvalue weighted by Crippen LogP contribution is 2.19. The normalized spacial score (nSPS) is 27.4. The quantitative estimate of drug-likeness (QED) is 0.680. The number of aliphatic hydroxyl groups is 2. The van der Waals surface area contributed by atoms with Crippen LogP contribution in [0.3, 0.4) is 0 Å². The van der Waals surface area contributed by atoms with E-state index in [0.717, 1.165) is 5.69 Å². The summed E-state index contributed by atoms with van der Waals surface area (Å²) in [6.45, 7) is 2.46. The van der Waals surface area contributed by atoms with Crippen molar-refractivity contribution in [3.05, 3.63) is 18.0 Å². The summed E-state index contributed by atoms with van der Waals surface area (Å²) in [5.74, 6) is -0.122. The predicted octanol–water partition coefficient (Wildman–Crippen LogP) is -0.418. The first-order chi connectivity index (χ1) is 8.58. The van der Waals surface area contributed by atoms with E-state index in [2.05, 4.69) is 10.4 Å². The van der Waals surface area contributed by atoms with Crippen molar-refractivity contribution in [2.24, 2.45) is 0 Å². The zero-order chi connectivity index (χ0) is 13.1. The number of aromatic nitrogens is 2. The molecule has 100 valence electrons. The lowest BCUT2D eigenvalue weighted by Gasteiger charge is -2.18. The minimum atomic E-state index is -0.847. The average Bonchev–Trinajstić information content (AvgIpc) is 2.88. The molecule has 1 amide bonds. The number of carbonyl (C=O) groups excluding carboxylic acids is 1. The number of carbonyl (C=O) groups is 1. The SMILES string of the molecule is Cc1ccnn1CCC(=O)N[C@@H]1CC[C@@H](O)[C@@H]1O. The molecule has 6 nitrogen and oxygen atoms in total. The Morgan fingerprint density at radius 3 is 2.89 bits per heavy atom. The average molecular weight is 253 g/mol. The highest BCUT2D eigenvalue weighted by molar-refractivity contribution is 5.76. The van der Waals surface area contributed by atoms with Crippen molar-refractivity contribution in [2.45, 2.75) is 51.0 Å². The van der Waals surface area contributed by atoms with Crippen molar-refractivity contribution in [2.75, 3.05) is 0 Å². The lowest BCUT2D eigenvalue weighted by atomic mass is 10.2. The molecule has 1 aromatic heterocycles. The topological polar surface area (TPSA) is 87.4 Å². The fourth-order valence-electron chi connectivity index (χ4n) is 2.24. The first kappa shape index (κ1) is 13.0. The fourth-order valence-corrected chi connectivity index (χ4v) is 2.24. The van der Waals surface area contributed by atoms with Crippen LogP contribution >= 0.6 is 0 Å². The Labute approximate surface area is 106 Å².